The zero-order valence-corrected chi connectivity index (χ0v) is 7.20. The third-order valence-corrected chi connectivity index (χ3v) is 1.27. The van der Waals surface area contributed by atoms with Crippen LogP contribution in [0.5, 0.6) is 0 Å². The van der Waals surface area contributed by atoms with Gasteiger partial charge in [0, 0.05) is 22.6 Å². The molecule has 3 nitrogen and oxygen atoms in total. The van der Waals surface area contributed by atoms with Crippen molar-refractivity contribution >= 4 is 32.5 Å². The second kappa shape index (κ2) is 3.50. The van der Waals surface area contributed by atoms with Crippen molar-refractivity contribution in [3.05, 3.63) is 24.3 Å². The van der Waals surface area contributed by atoms with Crippen LogP contribution in [0.3, 0.4) is 0 Å². The minimum atomic E-state index is 0.00667. The Hall–Kier alpha value is -0.650. The first-order chi connectivity index (χ1) is 4.79. The number of imidazole rings is 1. The van der Waals surface area contributed by atoms with Gasteiger partial charge in [0.25, 0.3) is 0 Å². The molecule has 0 aliphatic carbocycles. The second-order valence-electron chi connectivity index (χ2n) is 1.64. The Kier molecular flexibility index (Phi) is 2.61. The lowest BCUT2D eigenvalue weighted by atomic mass is 10.4. The van der Waals surface area contributed by atoms with Crippen molar-refractivity contribution in [2.45, 2.75) is 0 Å². The third-order valence-electron chi connectivity index (χ3n) is 0.913. The lowest BCUT2D eigenvalue weighted by molar-refractivity contribution is -0.105. The van der Waals surface area contributed by atoms with E-state index >= 15 is 0 Å². The molecule has 1 rings (SSSR count). The van der Waals surface area contributed by atoms with Crippen LogP contribution in [0.1, 0.15) is 5.69 Å². The Bertz CT molecular complexity index is 240. The summed E-state index contributed by atoms with van der Waals surface area (Å²) in [6.07, 6.45) is 6.38. The van der Waals surface area contributed by atoms with Gasteiger partial charge in [0.05, 0.1) is 18.2 Å². The molecule has 0 fully saturated rings. The molecule has 0 aromatic carbocycles. The fourth-order valence-corrected chi connectivity index (χ4v) is 0.693. The van der Waals surface area contributed by atoms with Crippen LogP contribution in [0.4, 0.5) is 0 Å². The summed E-state index contributed by atoms with van der Waals surface area (Å²) in [5.41, 5.74) is 0.838. The van der Waals surface area contributed by atoms with Crippen LogP contribution >= 0.6 is 22.6 Å². The van der Waals surface area contributed by atoms with Crippen molar-refractivity contribution < 1.29 is 4.79 Å². The van der Waals surface area contributed by atoms with E-state index < -0.39 is 0 Å². The number of aromatic nitrogens is 2. The molecule has 0 unspecified atom stereocenters. The van der Waals surface area contributed by atoms with Crippen molar-refractivity contribution in [2.24, 2.45) is 0 Å². The molecule has 0 radical (unpaired) electrons. The lowest BCUT2D eigenvalue weighted by Gasteiger charge is -1.78. The van der Waals surface area contributed by atoms with E-state index in [0.717, 1.165) is 5.69 Å². The highest BCUT2D eigenvalue weighted by atomic mass is 127. The average Bonchev–Trinajstić information content (AvgIpc) is 2.34. The van der Waals surface area contributed by atoms with Gasteiger partial charge in [-0.15, -0.1) is 0 Å². The van der Waals surface area contributed by atoms with Crippen LogP contribution in [0.15, 0.2) is 18.6 Å². The average molecular weight is 248 g/mol. The number of hydrogen-bond donors (Lipinski definition) is 1. The monoisotopic (exact) mass is 248 g/mol. The van der Waals surface area contributed by atoms with Gasteiger partial charge < -0.3 is 4.98 Å². The van der Waals surface area contributed by atoms with Crippen LogP contribution in [0.2, 0.25) is 0 Å². The SMILES string of the molecule is O=C(I)/C=C/c1cnc[nH]1. The molecule has 0 bridgehead atoms. The first-order valence-electron chi connectivity index (χ1n) is 2.65. The Balaban J connectivity index is 2.64. The molecule has 0 saturated carbocycles. The van der Waals surface area contributed by atoms with Crippen molar-refractivity contribution in [2.75, 3.05) is 0 Å². The smallest absolute Gasteiger partial charge is 0.215 e. The lowest BCUT2D eigenvalue weighted by Crippen LogP contribution is -1.74. The standard InChI is InChI=1S/C6H5IN2O/c7-6(10)2-1-5-3-8-4-9-5/h1-4H,(H,8,9)/b2-1+. The van der Waals surface area contributed by atoms with Gasteiger partial charge in [-0.25, -0.2) is 4.98 Å². The summed E-state index contributed by atoms with van der Waals surface area (Å²) in [7, 11) is 0. The zero-order chi connectivity index (χ0) is 7.40. The van der Waals surface area contributed by atoms with Gasteiger partial charge in [0.1, 0.15) is 0 Å². The molecule has 1 aromatic rings. The van der Waals surface area contributed by atoms with Crippen molar-refractivity contribution in [3.63, 3.8) is 0 Å². The third kappa shape index (κ3) is 2.30. The molecule has 1 aromatic heterocycles. The van der Waals surface area contributed by atoms with Gasteiger partial charge >= 0.3 is 0 Å². The highest BCUT2D eigenvalue weighted by Crippen LogP contribution is 1.96. The molecule has 10 heavy (non-hydrogen) atoms. The molecule has 0 amide bonds. The van der Waals surface area contributed by atoms with Crippen molar-refractivity contribution in [1.29, 1.82) is 0 Å². The van der Waals surface area contributed by atoms with E-state index in [-0.39, 0.29) is 3.79 Å². The summed E-state index contributed by atoms with van der Waals surface area (Å²) < 4.78 is 0.00667. The summed E-state index contributed by atoms with van der Waals surface area (Å²) >= 11 is 1.71. The summed E-state index contributed by atoms with van der Waals surface area (Å²) in [5.74, 6) is 0. The van der Waals surface area contributed by atoms with Gasteiger partial charge in [0.2, 0.25) is 3.79 Å². The highest BCUT2D eigenvalue weighted by molar-refractivity contribution is 14.1. The van der Waals surface area contributed by atoms with Crippen LogP contribution in [0.25, 0.3) is 6.08 Å². The highest BCUT2D eigenvalue weighted by Gasteiger charge is 1.86. The molecule has 1 N–H and O–H groups in total. The maximum Gasteiger partial charge on any atom is 0.215 e. The molecule has 0 atom stereocenters. The normalized spacial score (nSPS) is 10.5. The maximum absolute atomic E-state index is 10.4. The summed E-state index contributed by atoms with van der Waals surface area (Å²) in [6, 6.07) is 0. The molecule has 4 heteroatoms. The number of rotatable bonds is 2. The van der Waals surface area contributed by atoms with Gasteiger partial charge in [-0.1, -0.05) is 0 Å². The fourth-order valence-electron chi connectivity index (χ4n) is 0.513. The largest absolute Gasteiger partial charge is 0.345 e. The summed E-state index contributed by atoms with van der Waals surface area (Å²) in [5, 5.41) is 0. The fraction of sp³-hybridized carbons (Fsp3) is 0. The van der Waals surface area contributed by atoms with E-state index in [0.29, 0.717) is 0 Å². The first kappa shape index (κ1) is 7.46. The topological polar surface area (TPSA) is 45.8 Å². The molecular formula is C6H5IN2O. The zero-order valence-electron chi connectivity index (χ0n) is 5.04. The van der Waals surface area contributed by atoms with Crippen LogP contribution in [-0.2, 0) is 4.79 Å². The number of nitrogens with one attached hydrogen (secondary N) is 1. The molecular weight excluding hydrogens is 243 g/mol. The minimum absolute atomic E-state index is 0.00667. The Labute approximate surface area is 71.7 Å². The number of hydrogen-bond acceptors (Lipinski definition) is 2. The van der Waals surface area contributed by atoms with E-state index in [1.54, 1.807) is 41.2 Å². The Morgan fingerprint density at radius 1 is 1.80 bits per heavy atom. The van der Waals surface area contributed by atoms with Crippen LogP contribution in [-0.4, -0.2) is 13.8 Å². The van der Waals surface area contributed by atoms with E-state index in [9.17, 15) is 4.79 Å². The molecule has 1 heterocycles. The van der Waals surface area contributed by atoms with E-state index in [1.807, 2.05) is 0 Å². The molecule has 0 spiro atoms. The second-order valence-corrected chi connectivity index (χ2v) is 2.71. The Morgan fingerprint density at radius 2 is 2.60 bits per heavy atom. The van der Waals surface area contributed by atoms with Crippen LogP contribution in [0, 0.1) is 0 Å². The number of allylic oxidation sites excluding steroid dienone is 1. The van der Waals surface area contributed by atoms with E-state index in [1.165, 1.54) is 6.08 Å². The van der Waals surface area contributed by atoms with Crippen molar-refractivity contribution in [1.82, 2.24) is 9.97 Å². The van der Waals surface area contributed by atoms with Gasteiger partial charge in [-0.2, -0.15) is 0 Å². The summed E-state index contributed by atoms with van der Waals surface area (Å²) in [4.78, 5) is 17.0. The first-order valence-corrected chi connectivity index (χ1v) is 3.73. The number of H-pyrrole nitrogens is 1. The number of halogens is 1. The molecule has 0 aliphatic heterocycles. The number of carbonyl (C=O) groups is 1. The van der Waals surface area contributed by atoms with Crippen molar-refractivity contribution in [3.8, 4) is 0 Å². The van der Waals surface area contributed by atoms with E-state index in [2.05, 4.69) is 9.97 Å². The predicted octanol–water partition coefficient (Wildman–Crippen LogP) is 1.38. The number of aromatic amines is 1. The van der Waals surface area contributed by atoms with E-state index in [4.69, 9.17) is 0 Å². The maximum atomic E-state index is 10.4. The number of nitrogens with zero attached hydrogens (tertiary/aromatic N) is 1. The number of carbonyl (C=O) groups excluding carboxylic acids is 1. The predicted molar refractivity (Wildman–Crippen MR) is 46.6 cm³/mol. The van der Waals surface area contributed by atoms with Gasteiger partial charge in [-0.05, 0) is 12.2 Å². The molecule has 0 saturated heterocycles. The minimum Gasteiger partial charge on any atom is -0.345 e. The van der Waals surface area contributed by atoms with Gasteiger partial charge in [-0.3, -0.25) is 4.79 Å². The quantitative estimate of drug-likeness (QED) is 0.488. The summed E-state index contributed by atoms with van der Waals surface area (Å²) in [6.45, 7) is 0. The van der Waals surface area contributed by atoms with Crippen LogP contribution < -0.4 is 0 Å². The molecule has 0 aliphatic rings. The Morgan fingerprint density at radius 3 is 3.10 bits per heavy atom. The van der Waals surface area contributed by atoms with Gasteiger partial charge in [0.15, 0.2) is 0 Å². The molecule has 52 valence electrons.